The van der Waals surface area contributed by atoms with Gasteiger partial charge in [-0.05, 0) is 30.2 Å². The average molecular weight is 248 g/mol. The molecule has 1 aliphatic rings. The highest BCUT2D eigenvalue weighted by atomic mass is 19.1. The van der Waals surface area contributed by atoms with Crippen LogP contribution in [0.3, 0.4) is 0 Å². The number of carbonyl (C=O) groups is 1. The maximum atomic E-state index is 13.3. The van der Waals surface area contributed by atoms with Gasteiger partial charge in [-0.2, -0.15) is 0 Å². The van der Waals surface area contributed by atoms with Gasteiger partial charge in [0, 0.05) is 24.5 Å². The third-order valence-electron chi connectivity index (χ3n) is 3.56. The second-order valence-corrected chi connectivity index (χ2v) is 4.56. The van der Waals surface area contributed by atoms with Crippen molar-refractivity contribution in [2.45, 2.75) is 12.5 Å². The van der Waals surface area contributed by atoms with Gasteiger partial charge in [0.05, 0.1) is 5.69 Å². The van der Waals surface area contributed by atoms with Crippen LogP contribution in [0.4, 0.5) is 4.39 Å². The summed E-state index contributed by atoms with van der Waals surface area (Å²) in [4.78, 5) is 11.3. The van der Waals surface area contributed by atoms with Crippen molar-refractivity contribution in [1.29, 1.82) is 0 Å². The van der Waals surface area contributed by atoms with E-state index in [4.69, 9.17) is 0 Å². The fraction of sp³-hybridized carbons (Fsp3) is 0.308. The Bertz CT molecular complexity index is 648. The van der Waals surface area contributed by atoms with Crippen LogP contribution in [0.25, 0.3) is 10.9 Å². The molecule has 4 nitrogen and oxygen atoms in total. The minimum atomic E-state index is -0.901. The fourth-order valence-corrected chi connectivity index (χ4v) is 2.79. The molecule has 2 aromatic rings. The number of nitrogens with zero attached hydrogens (tertiary/aromatic N) is 1. The Labute approximate surface area is 103 Å². The van der Waals surface area contributed by atoms with E-state index in [9.17, 15) is 14.3 Å². The summed E-state index contributed by atoms with van der Waals surface area (Å²) in [7, 11) is 1.82. The number of fused-ring (bicyclic) bond motifs is 3. The van der Waals surface area contributed by atoms with Crippen LogP contribution < -0.4 is 5.32 Å². The van der Waals surface area contributed by atoms with Gasteiger partial charge >= 0.3 is 5.97 Å². The number of aliphatic carboxylic acids is 1. The van der Waals surface area contributed by atoms with E-state index < -0.39 is 12.0 Å². The molecule has 3 rings (SSSR count). The molecule has 2 N–H and O–H groups in total. The van der Waals surface area contributed by atoms with Crippen LogP contribution in [-0.4, -0.2) is 22.2 Å². The van der Waals surface area contributed by atoms with E-state index >= 15 is 0 Å². The number of benzene rings is 1. The van der Waals surface area contributed by atoms with Crippen molar-refractivity contribution in [2.75, 3.05) is 6.54 Å². The van der Waals surface area contributed by atoms with E-state index in [2.05, 4.69) is 5.32 Å². The smallest absolute Gasteiger partial charge is 0.326 e. The van der Waals surface area contributed by atoms with Crippen molar-refractivity contribution in [2.24, 2.45) is 7.05 Å². The predicted octanol–water partition coefficient (Wildman–Crippen LogP) is 1.59. The molecule has 0 saturated carbocycles. The van der Waals surface area contributed by atoms with E-state index in [0.717, 1.165) is 28.6 Å². The summed E-state index contributed by atoms with van der Waals surface area (Å²) >= 11 is 0. The van der Waals surface area contributed by atoms with E-state index in [0.29, 0.717) is 6.54 Å². The number of hydrogen-bond acceptors (Lipinski definition) is 2. The molecule has 0 spiro atoms. The first-order valence-corrected chi connectivity index (χ1v) is 5.82. The van der Waals surface area contributed by atoms with Gasteiger partial charge in [-0.1, -0.05) is 0 Å². The maximum Gasteiger partial charge on any atom is 0.326 e. The summed E-state index contributed by atoms with van der Waals surface area (Å²) in [5, 5.41) is 13.0. The largest absolute Gasteiger partial charge is 0.480 e. The van der Waals surface area contributed by atoms with E-state index in [-0.39, 0.29) is 5.82 Å². The first-order valence-electron chi connectivity index (χ1n) is 5.82. The highest BCUT2D eigenvalue weighted by Crippen LogP contribution is 2.32. The van der Waals surface area contributed by atoms with Crippen molar-refractivity contribution in [3.63, 3.8) is 0 Å². The molecule has 1 aromatic carbocycles. The molecule has 0 radical (unpaired) electrons. The Balaban J connectivity index is 2.34. The van der Waals surface area contributed by atoms with E-state index in [1.165, 1.54) is 12.1 Å². The molecule has 0 bridgehead atoms. The SMILES string of the molecule is Cn1c2c(c3cc(F)ccc31)CCNC2C(=O)O. The van der Waals surface area contributed by atoms with Crippen molar-refractivity contribution < 1.29 is 14.3 Å². The normalized spacial score (nSPS) is 18.9. The van der Waals surface area contributed by atoms with Crippen LogP contribution in [-0.2, 0) is 18.3 Å². The van der Waals surface area contributed by atoms with Gasteiger partial charge in [0.15, 0.2) is 0 Å². The van der Waals surface area contributed by atoms with Crippen LogP contribution in [0.1, 0.15) is 17.3 Å². The number of halogens is 1. The molecule has 1 aliphatic heterocycles. The molecule has 5 heteroatoms. The van der Waals surface area contributed by atoms with Crippen molar-refractivity contribution in [3.8, 4) is 0 Å². The van der Waals surface area contributed by atoms with E-state index in [1.807, 2.05) is 11.6 Å². The Morgan fingerprint density at radius 2 is 2.33 bits per heavy atom. The second-order valence-electron chi connectivity index (χ2n) is 4.56. The molecule has 0 amide bonds. The quantitative estimate of drug-likeness (QED) is 0.805. The molecule has 0 aliphatic carbocycles. The summed E-state index contributed by atoms with van der Waals surface area (Å²) in [5.41, 5.74) is 2.55. The van der Waals surface area contributed by atoms with Crippen molar-refractivity contribution >= 4 is 16.9 Å². The standard InChI is InChI=1S/C13H13FN2O2/c1-16-10-3-2-7(14)6-9(10)8-4-5-15-11(12(8)16)13(17)18/h2-3,6,11,15H,4-5H2,1H3,(H,17,18). The zero-order valence-corrected chi connectivity index (χ0v) is 9.90. The minimum absolute atomic E-state index is 0.290. The third kappa shape index (κ3) is 1.44. The molecule has 1 atom stereocenters. The lowest BCUT2D eigenvalue weighted by Gasteiger charge is -2.22. The van der Waals surface area contributed by atoms with Gasteiger partial charge in [-0.25, -0.2) is 4.39 Å². The molecule has 2 heterocycles. The number of nitrogens with one attached hydrogen (secondary N) is 1. The first kappa shape index (κ1) is 11.2. The molecular weight excluding hydrogens is 235 g/mol. The lowest BCUT2D eigenvalue weighted by molar-refractivity contribution is -0.140. The number of rotatable bonds is 1. The van der Waals surface area contributed by atoms with Crippen molar-refractivity contribution in [1.82, 2.24) is 9.88 Å². The number of aromatic nitrogens is 1. The van der Waals surface area contributed by atoms with Crippen LogP contribution in [0.2, 0.25) is 0 Å². The summed E-state index contributed by atoms with van der Waals surface area (Å²) in [6, 6.07) is 3.87. The van der Waals surface area contributed by atoms with Crippen LogP contribution >= 0.6 is 0 Å². The zero-order valence-electron chi connectivity index (χ0n) is 9.90. The molecule has 0 saturated heterocycles. The molecule has 18 heavy (non-hydrogen) atoms. The van der Waals surface area contributed by atoms with Gasteiger partial charge in [0.2, 0.25) is 0 Å². The lowest BCUT2D eigenvalue weighted by atomic mass is 9.99. The first-order chi connectivity index (χ1) is 8.59. The Kier molecular flexibility index (Phi) is 2.38. The van der Waals surface area contributed by atoms with Gasteiger partial charge in [-0.3, -0.25) is 10.1 Å². The Hall–Kier alpha value is -1.88. The second kappa shape index (κ2) is 3.81. The van der Waals surface area contributed by atoms with Gasteiger partial charge in [-0.15, -0.1) is 0 Å². The van der Waals surface area contributed by atoms with Gasteiger partial charge < -0.3 is 9.67 Å². The zero-order chi connectivity index (χ0) is 12.9. The van der Waals surface area contributed by atoms with Gasteiger partial charge in [0.1, 0.15) is 11.9 Å². The van der Waals surface area contributed by atoms with Crippen LogP contribution in [0.5, 0.6) is 0 Å². The predicted molar refractivity (Wildman–Crippen MR) is 65.0 cm³/mol. The molecule has 94 valence electrons. The highest BCUT2D eigenvalue weighted by Gasteiger charge is 2.30. The number of carboxylic acids is 1. The average Bonchev–Trinajstić information content (AvgIpc) is 2.63. The Morgan fingerprint density at radius 1 is 1.56 bits per heavy atom. The number of carboxylic acid groups (broad SMARTS) is 1. The Morgan fingerprint density at radius 3 is 3.06 bits per heavy atom. The third-order valence-corrected chi connectivity index (χ3v) is 3.56. The fourth-order valence-electron chi connectivity index (χ4n) is 2.79. The van der Waals surface area contributed by atoms with Crippen molar-refractivity contribution in [3.05, 3.63) is 35.3 Å². The molecule has 0 fully saturated rings. The summed E-state index contributed by atoms with van der Waals surface area (Å²) in [5.74, 6) is -1.19. The van der Waals surface area contributed by atoms with Crippen LogP contribution in [0, 0.1) is 5.82 Å². The molecule has 1 unspecified atom stereocenters. The minimum Gasteiger partial charge on any atom is -0.480 e. The summed E-state index contributed by atoms with van der Waals surface area (Å²) in [6.45, 7) is 0.597. The molecular formula is C13H13FN2O2. The topological polar surface area (TPSA) is 54.3 Å². The maximum absolute atomic E-state index is 13.3. The van der Waals surface area contributed by atoms with Gasteiger partial charge in [0.25, 0.3) is 0 Å². The highest BCUT2D eigenvalue weighted by molar-refractivity contribution is 5.89. The monoisotopic (exact) mass is 248 g/mol. The summed E-state index contributed by atoms with van der Waals surface area (Å²) < 4.78 is 15.2. The van der Waals surface area contributed by atoms with Crippen LogP contribution in [0.15, 0.2) is 18.2 Å². The number of aryl methyl sites for hydroxylation is 1. The lowest BCUT2D eigenvalue weighted by Crippen LogP contribution is -2.36. The van der Waals surface area contributed by atoms with E-state index in [1.54, 1.807) is 6.07 Å². The number of hydrogen-bond donors (Lipinski definition) is 2. The summed E-state index contributed by atoms with van der Waals surface area (Å²) in [6.07, 6.45) is 0.722. The molecule has 1 aromatic heterocycles.